The number of carbonyl (C=O) groups is 1. The summed E-state index contributed by atoms with van der Waals surface area (Å²) in [5.74, 6) is 1.37. The molecule has 0 saturated carbocycles. The molecule has 262 valence electrons. The molecule has 1 aromatic heterocycles. The first-order chi connectivity index (χ1) is 25.1. The summed E-state index contributed by atoms with van der Waals surface area (Å²) in [4.78, 5) is 18.5. The number of halogens is 1. The van der Waals surface area contributed by atoms with Crippen molar-refractivity contribution in [3.05, 3.63) is 138 Å². The molecular formula is C42H40FN5O2SSi. The van der Waals surface area contributed by atoms with Gasteiger partial charge in [0.15, 0.2) is 5.16 Å². The quantitative estimate of drug-likeness (QED) is 0.110. The predicted molar refractivity (Wildman–Crippen MR) is 211 cm³/mol. The monoisotopic (exact) mass is 725 g/mol. The highest BCUT2D eigenvalue weighted by Crippen LogP contribution is 2.43. The fraction of sp³-hybridized carbons (Fsp3) is 0.214. The van der Waals surface area contributed by atoms with Crippen molar-refractivity contribution in [3.63, 3.8) is 0 Å². The third-order valence-electron chi connectivity index (χ3n) is 9.77. The Bertz CT molecular complexity index is 2260. The fourth-order valence-electron chi connectivity index (χ4n) is 7.41. The number of nitrogens with zero attached hydrogens (tertiary/aromatic N) is 5. The maximum absolute atomic E-state index is 14.8. The van der Waals surface area contributed by atoms with E-state index in [-0.39, 0.29) is 22.6 Å². The number of hydrogen-bond acceptors (Lipinski definition) is 6. The summed E-state index contributed by atoms with van der Waals surface area (Å²) < 4.78 is 24.3. The first kappa shape index (κ1) is 35.0. The summed E-state index contributed by atoms with van der Waals surface area (Å²) in [6.45, 7) is 10.8. The first-order valence-electron chi connectivity index (χ1n) is 17.4. The number of thioether (sulfide) groups is 1. The SMILES string of the molecule is CCN(c1cnc2n1C(c1ccc(C#N)c(F)c1)CS2)N(C(C)=O)c1cccc2ccc(O[Si](c3ccccc3)(c3ccccc3)C(C)(C)C)cc12. The molecule has 1 aliphatic heterocycles. The molecule has 0 bridgehead atoms. The van der Waals surface area contributed by atoms with E-state index in [9.17, 15) is 14.4 Å². The minimum atomic E-state index is -2.93. The van der Waals surface area contributed by atoms with Crippen LogP contribution in [-0.2, 0) is 4.79 Å². The average Bonchev–Trinajstić information content (AvgIpc) is 3.76. The predicted octanol–water partition coefficient (Wildman–Crippen LogP) is 8.48. The molecule has 0 radical (unpaired) electrons. The Hall–Kier alpha value is -5.37. The van der Waals surface area contributed by atoms with Gasteiger partial charge in [-0.15, -0.1) is 0 Å². The molecule has 0 saturated heterocycles. The average molecular weight is 726 g/mol. The fourth-order valence-corrected chi connectivity index (χ4v) is 13.0. The molecule has 1 aliphatic rings. The van der Waals surface area contributed by atoms with E-state index < -0.39 is 14.1 Å². The normalized spacial score (nSPS) is 14.1. The van der Waals surface area contributed by atoms with Crippen LogP contribution in [0.5, 0.6) is 5.75 Å². The summed E-state index contributed by atoms with van der Waals surface area (Å²) >= 11 is 1.58. The topological polar surface area (TPSA) is 74.4 Å². The highest BCUT2D eigenvalue weighted by molar-refractivity contribution is 7.99. The summed E-state index contributed by atoms with van der Waals surface area (Å²) in [5.41, 5.74) is 1.46. The number of benzene rings is 5. The minimum absolute atomic E-state index is 0.00710. The molecule has 1 atom stereocenters. The van der Waals surface area contributed by atoms with Crippen molar-refractivity contribution in [3.8, 4) is 11.8 Å². The van der Waals surface area contributed by atoms with Crippen LogP contribution in [0.3, 0.4) is 0 Å². The molecule has 6 aromatic rings. The van der Waals surface area contributed by atoms with Crippen molar-refractivity contribution in [2.24, 2.45) is 0 Å². The van der Waals surface area contributed by atoms with E-state index >= 15 is 0 Å². The molecule has 7 rings (SSSR count). The summed E-state index contributed by atoms with van der Waals surface area (Å²) in [6, 6.07) is 39.6. The van der Waals surface area contributed by atoms with Crippen LogP contribution in [0.1, 0.15) is 51.8 Å². The van der Waals surface area contributed by atoms with E-state index in [2.05, 4.69) is 86.0 Å². The van der Waals surface area contributed by atoms with E-state index in [1.165, 1.54) is 22.5 Å². The van der Waals surface area contributed by atoms with Gasteiger partial charge in [0.2, 0.25) is 5.91 Å². The largest absolute Gasteiger partial charge is 0.534 e. The Morgan fingerprint density at radius 1 is 0.981 bits per heavy atom. The third-order valence-corrected chi connectivity index (χ3v) is 15.8. The second kappa shape index (κ2) is 14.0. The number of carbonyl (C=O) groups excluding carboxylic acids is 1. The Morgan fingerprint density at radius 3 is 2.27 bits per heavy atom. The van der Waals surface area contributed by atoms with Crippen LogP contribution in [0.25, 0.3) is 10.8 Å². The Balaban J connectivity index is 1.34. The number of nitriles is 1. The van der Waals surface area contributed by atoms with Gasteiger partial charge in [0, 0.05) is 24.6 Å². The highest BCUT2D eigenvalue weighted by atomic mass is 32.2. The van der Waals surface area contributed by atoms with Crippen molar-refractivity contribution in [1.29, 1.82) is 5.26 Å². The van der Waals surface area contributed by atoms with Gasteiger partial charge in [0.1, 0.15) is 23.5 Å². The third kappa shape index (κ3) is 6.04. The van der Waals surface area contributed by atoms with Crippen molar-refractivity contribution < 1.29 is 13.6 Å². The van der Waals surface area contributed by atoms with Crippen LogP contribution in [0.4, 0.5) is 15.9 Å². The van der Waals surface area contributed by atoms with Crippen LogP contribution < -0.4 is 24.8 Å². The van der Waals surface area contributed by atoms with E-state index in [1.54, 1.807) is 36.0 Å². The van der Waals surface area contributed by atoms with Gasteiger partial charge in [-0.05, 0) is 63.6 Å². The van der Waals surface area contributed by atoms with Gasteiger partial charge in [-0.2, -0.15) is 5.26 Å². The molecule has 0 spiro atoms. The molecule has 1 unspecified atom stereocenters. The summed E-state index contributed by atoms with van der Waals surface area (Å²) in [6.07, 6.45) is 1.77. The van der Waals surface area contributed by atoms with Crippen molar-refractivity contribution in [1.82, 2.24) is 9.55 Å². The zero-order valence-corrected chi connectivity index (χ0v) is 31.7. The van der Waals surface area contributed by atoms with E-state index in [4.69, 9.17) is 9.41 Å². The van der Waals surface area contributed by atoms with Gasteiger partial charge in [-0.1, -0.05) is 117 Å². The standard InChI is InChI=1S/C42H40FN5O2SSi/c1-6-46(40-27-45-41-47(40)39(28-51-41)31-20-21-32(26-44)37(43)24-31)48(29(2)49)38-19-13-14-30-22-23-33(25-36(30)38)50-52(42(3,4)5,34-15-9-7-10-16-34)35-17-11-8-12-18-35/h7-25,27,39H,6,28H2,1-5H3. The molecule has 0 fully saturated rings. The number of fused-ring (bicyclic) bond motifs is 2. The Kier molecular flexibility index (Phi) is 9.42. The second-order valence-corrected chi connectivity index (χ2v) is 19.1. The summed E-state index contributed by atoms with van der Waals surface area (Å²) in [5, 5.41) is 17.7. The Morgan fingerprint density at radius 2 is 1.67 bits per heavy atom. The summed E-state index contributed by atoms with van der Waals surface area (Å²) in [7, 11) is -2.93. The Labute approximate surface area is 309 Å². The van der Waals surface area contributed by atoms with E-state index in [0.717, 1.165) is 27.2 Å². The number of rotatable bonds is 9. The molecule has 7 nitrogen and oxygen atoms in total. The van der Waals surface area contributed by atoms with Gasteiger partial charge in [-0.3, -0.25) is 14.4 Å². The number of amides is 1. The maximum atomic E-state index is 14.8. The molecule has 5 aromatic carbocycles. The van der Waals surface area contributed by atoms with Crippen LogP contribution in [0.15, 0.2) is 127 Å². The van der Waals surface area contributed by atoms with Gasteiger partial charge in [0.25, 0.3) is 0 Å². The highest BCUT2D eigenvalue weighted by Gasteiger charge is 2.52. The van der Waals surface area contributed by atoms with Gasteiger partial charge in [-0.25, -0.2) is 14.4 Å². The smallest absolute Gasteiger partial charge is 0.319 e. The number of hydrogen-bond donors (Lipinski definition) is 0. The second-order valence-electron chi connectivity index (χ2n) is 13.9. The van der Waals surface area contributed by atoms with Crippen molar-refractivity contribution in [2.75, 3.05) is 22.3 Å². The van der Waals surface area contributed by atoms with Gasteiger partial charge in [0.05, 0.1) is 23.5 Å². The van der Waals surface area contributed by atoms with Crippen LogP contribution >= 0.6 is 11.8 Å². The number of anilines is 2. The number of hydrazine groups is 1. The van der Waals surface area contributed by atoms with Gasteiger partial charge < -0.3 is 4.43 Å². The zero-order valence-electron chi connectivity index (χ0n) is 29.9. The van der Waals surface area contributed by atoms with Crippen molar-refractivity contribution >= 4 is 58.6 Å². The van der Waals surface area contributed by atoms with Crippen LogP contribution in [-0.4, -0.2) is 36.1 Å². The van der Waals surface area contributed by atoms with Crippen LogP contribution in [0.2, 0.25) is 5.04 Å². The first-order valence-corrected chi connectivity index (χ1v) is 20.3. The van der Waals surface area contributed by atoms with E-state index in [0.29, 0.717) is 23.8 Å². The molecule has 1 amide bonds. The minimum Gasteiger partial charge on any atom is -0.534 e. The lowest BCUT2D eigenvalue weighted by Gasteiger charge is -2.43. The molecular weight excluding hydrogens is 686 g/mol. The zero-order chi connectivity index (χ0) is 36.6. The molecule has 10 heteroatoms. The van der Waals surface area contributed by atoms with E-state index in [1.807, 2.05) is 54.4 Å². The van der Waals surface area contributed by atoms with Crippen LogP contribution in [0, 0.1) is 17.1 Å². The molecule has 0 aliphatic carbocycles. The number of imidazole rings is 1. The van der Waals surface area contributed by atoms with Gasteiger partial charge >= 0.3 is 8.32 Å². The molecule has 0 N–H and O–H groups in total. The lowest BCUT2D eigenvalue weighted by atomic mass is 10.1. The van der Waals surface area contributed by atoms with Crippen molar-refractivity contribution in [2.45, 2.75) is 50.9 Å². The number of aromatic nitrogens is 2. The molecule has 2 heterocycles. The lowest BCUT2D eigenvalue weighted by Crippen LogP contribution is -2.68. The lowest BCUT2D eigenvalue weighted by molar-refractivity contribution is -0.116. The maximum Gasteiger partial charge on any atom is 0.319 e. The molecule has 52 heavy (non-hydrogen) atoms.